The number of hydrogen-bond acceptors (Lipinski definition) is 3. The molecule has 0 atom stereocenters. The van der Waals surface area contributed by atoms with Crippen molar-refractivity contribution in [1.29, 1.82) is 0 Å². The van der Waals surface area contributed by atoms with E-state index in [1.807, 2.05) is 4.98 Å². The third kappa shape index (κ3) is 2.75. The second-order valence-electron chi connectivity index (χ2n) is 3.89. The first-order valence-corrected chi connectivity index (χ1v) is 5.80. The number of nitrogens with one attached hydrogen (secondary N) is 1. The average molecular weight is 319 g/mol. The number of aromatic amines is 1. The molecule has 1 aromatic heterocycles. The minimum absolute atomic E-state index is 0.431. The molecule has 9 heteroatoms. The molecule has 0 aliphatic carbocycles. The summed E-state index contributed by atoms with van der Waals surface area (Å²) in [4.78, 5) is 27.5. The van der Waals surface area contributed by atoms with Gasteiger partial charge in [0.25, 0.3) is 12.0 Å². The lowest BCUT2D eigenvalue weighted by atomic mass is 10.0. The number of aromatic carboxylic acids is 1. The van der Waals surface area contributed by atoms with Crippen molar-refractivity contribution >= 4 is 17.6 Å². The van der Waals surface area contributed by atoms with Gasteiger partial charge in [-0.1, -0.05) is 17.7 Å². The molecule has 0 spiro atoms. The second-order valence-corrected chi connectivity index (χ2v) is 4.30. The second kappa shape index (κ2) is 5.57. The van der Waals surface area contributed by atoms with Crippen LogP contribution in [0.4, 0.5) is 13.2 Å². The van der Waals surface area contributed by atoms with E-state index in [-0.39, 0.29) is 0 Å². The molecule has 0 saturated carbocycles. The highest BCUT2D eigenvalue weighted by molar-refractivity contribution is 6.31. The van der Waals surface area contributed by atoms with Crippen LogP contribution in [0.5, 0.6) is 0 Å². The van der Waals surface area contributed by atoms with E-state index in [1.54, 1.807) is 0 Å². The predicted molar refractivity (Wildman–Crippen MR) is 67.2 cm³/mol. The Bertz CT molecular complexity index is 777. The summed E-state index contributed by atoms with van der Waals surface area (Å²) < 4.78 is 39.9. The Labute approximate surface area is 120 Å². The third-order valence-corrected chi connectivity index (χ3v) is 2.90. The van der Waals surface area contributed by atoms with Gasteiger partial charge in [-0.15, -0.1) is 0 Å². The molecule has 0 radical (unpaired) electrons. The number of rotatable bonds is 3. The highest BCUT2D eigenvalue weighted by atomic mass is 35.5. The fourth-order valence-electron chi connectivity index (χ4n) is 1.69. The van der Waals surface area contributed by atoms with Gasteiger partial charge in [-0.2, -0.15) is 0 Å². The van der Waals surface area contributed by atoms with Crippen LogP contribution in [0.3, 0.4) is 0 Å². The molecule has 2 N–H and O–H groups in total. The van der Waals surface area contributed by atoms with Gasteiger partial charge >= 0.3 is 5.97 Å². The van der Waals surface area contributed by atoms with Crippen LogP contribution in [0.2, 0.25) is 5.02 Å². The van der Waals surface area contributed by atoms with Gasteiger partial charge in [0.15, 0.2) is 5.82 Å². The molecule has 0 fully saturated rings. The normalized spacial score (nSPS) is 10.9. The Balaban J connectivity index is 2.78. The molecule has 2 aromatic rings. The number of aromatic nitrogens is 2. The lowest BCUT2D eigenvalue weighted by molar-refractivity contribution is 0.0688. The standard InChI is InChI=1S/C12H6ClF3N2O3/c13-5-2-1-4(10(15)16)7(8(5)14)6-3-17-11(19)9(18-6)12(20)21/h1-3,10H,(H,17,19)(H,20,21). The maximum Gasteiger partial charge on any atom is 0.360 e. The molecule has 0 amide bonds. The lowest BCUT2D eigenvalue weighted by Gasteiger charge is -2.10. The minimum atomic E-state index is -3.03. The molecule has 0 unspecified atom stereocenters. The molecule has 0 bridgehead atoms. The fourth-order valence-corrected chi connectivity index (χ4v) is 1.84. The van der Waals surface area contributed by atoms with Crippen LogP contribution in [0.15, 0.2) is 23.1 Å². The van der Waals surface area contributed by atoms with Gasteiger partial charge in [-0.05, 0) is 6.07 Å². The Morgan fingerprint density at radius 3 is 2.62 bits per heavy atom. The Morgan fingerprint density at radius 2 is 2.05 bits per heavy atom. The summed E-state index contributed by atoms with van der Waals surface area (Å²) in [7, 11) is 0. The van der Waals surface area contributed by atoms with Gasteiger partial charge < -0.3 is 10.1 Å². The quantitative estimate of drug-likeness (QED) is 0.911. The predicted octanol–water partition coefficient (Wildman–Crippen LogP) is 2.87. The van der Waals surface area contributed by atoms with Crippen molar-refractivity contribution in [3.8, 4) is 11.3 Å². The third-order valence-electron chi connectivity index (χ3n) is 2.61. The molecule has 0 saturated heterocycles. The zero-order valence-corrected chi connectivity index (χ0v) is 10.8. The van der Waals surface area contributed by atoms with Crippen molar-refractivity contribution in [1.82, 2.24) is 9.97 Å². The van der Waals surface area contributed by atoms with Crippen LogP contribution in [-0.4, -0.2) is 21.0 Å². The lowest BCUT2D eigenvalue weighted by Crippen LogP contribution is -2.20. The Kier molecular flexibility index (Phi) is 3.99. The van der Waals surface area contributed by atoms with Crippen LogP contribution in [0.25, 0.3) is 11.3 Å². The smallest absolute Gasteiger partial charge is 0.360 e. The first kappa shape index (κ1) is 15.0. The van der Waals surface area contributed by atoms with E-state index in [1.165, 1.54) is 0 Å². The van der Waals surface area contributed by atoms with Gasteiger partial charge in [0, 0.05) is 17.3 Å². The van der Waals surface area contributed by atoms with E-state index in [0.29, 0.717) is 0 Å². The number of H-pyrrole nitrogens is 1. The fraction of sp³-hybridized carbons (Fsp3) is 0.0833. The minimum Gasteiger partial charge on any atom is -0.476 e. The zero-order chi connectivity index (χ0) is 15.7. The molecule has 0 aliphatic heterocycles. The van der Waals surface area contributed by atoms with Crippen molar-refractivity contribution in [3.63, 3.8) is 0 Å². The highest BCUT2D eigenvalue weighted by Crippen LogP contribution is 2.35. The van der Waals surface area contributed by atoms with Crippen LogP contribution in [0.1, 0.15) is 22.5 Å². The summed E-state index contributed by atoms with van der Waals surface area (Å²) in [6.07, 6.45) is -2.19. The zero-order valence-electron chi connectivity index (χ0n) is 10.0. The van der Waals surface area contributed by atoms with E-state index in [9.17, 15) is 22.8 Å². The van der Waals surface area contributed by atoms with E-state index >= 15 is 0 Å². The average Bonchev–Trinajstić information content (AvgIpc) is 2.42. The maximum atomic E-state index is 14.0. The summed E-state index contributed by atoms with van der Waals surface area (Å²) in [5.74, 6) is -2.84. The molecule has 0 aliphatic rings. The van der Waals surface area contributed by atoms with Crippen molar-refractivity contribution < 1.29 is 23.1 Å². The van der Waals surface area contributed by atoms with Gasteiger partial charge in [0.05, 0.1) is 10.7 Å². The topological polar surface area (TPSA) is 83.0 Å². The Hall–Kier alpha value is -2.35. The van der Waals surface area contributed by atoms with Crippen molar-refractivity contribution in [3.05, 3.63) is 50.8 Å². The van der Waals surface area contributed by atoms with Crippen molar-refractivity contribution in [2.45, 2.75) is 6.43 Å². The molecule has 2 rings (SSSR count). The van der Waals surface area contributed by atoms with Crippen LogP contribution < -0.4 is 5.56 Å². The maximum absolute atomic E-state index is 14.0. The number of carboxylic acid groups (broad SMARTS) is 1. The first-order valence-electron chi connectivity index (χ1n) is 5.42. The molecule has 5 nitrogen and oxygen atoms in total. The van der Waals surface area contributed by atoms with Crippen molar-refractivity contribution in [2.24, 2.45) is 0 Å². The number of nitrogens with zero attached hydrogens (tertiary/aromatic N) is 1. The van der Waals surface area contributed by atoms with E-state index in [4.69, 9.17) is 16.7 Å². The van der Waals surface area contributed by atoms with E-state index in [0.717, 1.165) is 18.3 Å². The van der Waals surface area contributed by atoms with Crippen LogP contribution in [-0.2, 0) is 0 Å². The summed E-state index contributed by atoms with van der Waals surface area (Å²) in [5, 5.41) is 8.36. The number of carbonyl (C=O) groups is 1. The Morgan fingerprint density at radius 1 is 1.38 bits per heavy atom. The molecule has 110 valence electrons. The highest BCUT2D eigenvalue weighted by Gasteiger charge is 2.23. The van der Waals surface area contributed by atoms with Gasteiger partial charge in [-0.25, -0.2) is 22.9 Å². The molecular formula is C12H6ClF3N2O3. The molecule has 1 heterocycles. The summed E-state index contributed by atoms with van der Waals surface area (Å²) in [6.45, 7) is 0. The largest absolute Gasteiger partial charge is 0.476 e. The monoisotopic (exact) mass is 318 g/mol. The molecule has 21 heavy (non-hydrogen) atoms. The van der Waals surface area contributed by atoms with Gasteiger partial charge in [-0.3, -0.25) is 4.79 Å². The number of benzene rings is 1. The van der Waals surface area contributed by atoms with Crippen LogP contribution >= 0.6 is 11.6 Å². The van der Waals surface area contributed by atoms with Crippen molar-refractivity contribution in [2.75, 3.05) is 0 Å². The van der Waals surface area contributed by atoms with E-state index < -0.39 is 51.3 Å². The first-order chi connectivity index (χ1) is 9.82. The molecule has 1 aromatic carbocycles. The van der Waals surface area contributed by atoms with E-state index in [2.05, 4.69) is 4.98 Å². The number of hydrogen-bond donors (Lipinski definition) is 2. The number of carboxylic acids is 1. The number of alkyl halides is 2. The summed E-state index contributed by atoms with van der Waals surface area (Å²) in [5.41, 5.74) is -3.80. The van der Waals surface area contributed by atoms with Gasteiger partial charge in [0.1, 0.15) is 0 Å². The molecular weight excluding hydrogens is 313 g/mol. The summed E-state index contributed by atoms with van der Waals surface area (Å²) in [6, 6.07) is 1.85. The van der Waals surface area contributed by atoms with Gasteiger partial charge in [0.2, 0.25) is 5.69 Å². The SMILES string of the molecule is O=C(O)c1nc(-c2c(C(F)F)ccc(Cl)c2F)c[nH]c1=O. The number of halogens is 4. The van der Waals surface area contributed by atoms with Crippen LogP contribution in [0, 0.1) is 5.82 Å². The summed E-state index contributed by atoms with van der Waals surface area (Å²) >= 11 is 5.54.